The smallest absolute Gasteiger partial charge is 0.271 e. The van der Waals surface area contributed by atoms with Gasteiger partial charge in [0.15, 0.2) is 0 Å². The summed E-state index contributed by atoms with van der Waals surface area (Å²) in [6.45, 7) is 0.699. The van der Waals surface area contributed by atoms with Crippen LogP contribution in [0.1, 0.15) is 27.0 Å². The largest absolute Gasteiger partial charge is 0.489 e. The van der Waals surface area contributed by atoms with Gasteiger partial charge in [-0.2, -0.15) is 5.10 Å². The average molecular weight is 584 g/mol. The Morgan fingerprint density at radius 2 is 1.69 bits per heavy atom. The fourth-order valence-corrected chi connectivity index (χ4v) is 4.14. The van der Waals surface area contributed by atoms with Crippen molar-refractivity contribution in [3.05, 3.63) is 128 Å². The summed E-state index contributed by atoms with van der Waals surface area (Å²) in [5, 5.41) is 5.20. The zero-order valence-corrected chi connectivity index (χ0v) is 22.1. The van der Waals surface area contributed by atoms with Crippen molar-refractivity contribution >= 4 is 51.3 Å². The van der Waals surface area contributed by atoms with E-state index in [9.17, 15) is 4.79 Å². The highest BCUT2D eigenvalue weighted by atomic mass is 79.9. The number of carbonyl (C=O) groups excluding carboxylic acids is 1. The van der Waals surface area contributed by atoms with Gasteiger partial charge in [-0.15, -0.1) is 0 Å². The van der Waals surface area contributed by atoms with E-state index in [2.05, 4.69) is 26.5 Å². The molecule has 8 heteroatoms. The number of halogens is 3. The van der Waals surface area contributed by atoms with E-state index in [0.717, 1.165) is 21.2 Å². The van der Waals surface area contributed by atoms with E-state index in [4.69, 9.17) is 32.7 Å². The highest BCUT2D eigenvalue weighted by Gasteiger charge is 2.07. The molecule has 0 atom stereocenters. The van der Waals surface area contributed by atoms with Gasteiger partial charge in [-0.05, 0) is 66.2 Å². The highest BCUT2D eigenvalue weighted by molar-refractivity contribution is 9.10. The number of para-hydroxylation sites is 1. The first-order valence-corrected chi connectivity index (χ1v) is 12.5. The third-order valence-electron chi connectivity index (χ3n) is 5.10. The van der Waals surface area contributed by atoms with Crippen LogP contribution in [0, 0.1) is 0 Å². The van der Waals surface area contributed by atoms with Crippen LogP contribution in [-0.4, -0.2) is 12.1 Å². The molecular formula is C28H21BrCl2N2O3. The van der Waals surface area contributed by atoms with Crippen molar-refractivity contribution in [1.82, 2.24) is 5.43 Å². The van der Waals surface area contributed by atoms with Crippen LogP contribution in [0.15, 0.2) is 101 Å². The number of nitrogens with one attached hydrogen (secondary N) is 1. The van der Waals surface area contributed by atoms with Gasteiger partial charge in [-0.1, -0.05) is 69.5 Å². The monoisotopic (exact) mass is 582 g/mol. The molecule has 0 bridgehead atoms. The van der Waals surface area contributed by atoms with Gasteiger partial charge >= 0.3 is 0 Å². The normalized spacial score (nSPS) is 10.9. The lowest BCUT2D eigenvalue weighted by Crippen LogP contribution is -2.17. The number of ether oxygens (including phenoxy) is 2. The fourth-order valence-electron chi connectivity index (χ4n) is 3.23. The van der Waals surface area contributed by atoms with Gasteiger partial charge < -0.3 is 9.47 Å². The summed E-state index contributed by atoms with van der Waals surface area (Å²) in [6.07, 6.45) is 1.56. The van der Waals surface area contributed by atoms with E-state index in [1.807, 2.05) is 54.6 Å². The van der Waals surface area contributed by atoms with E-state index < -0.39 is 0 Å². The number of benzene rings is 4. The third kappa shape index (κ3) is 7.34. The van der Waals surface area contributed by atoms with Crippen LogP contribution < -0.4 is 14.9 Å². The van der Waals surface area contributed by atoms with Crippen LogP contribution >= 0.6 is 39.1 Å². The van der Waals surface area contributed by atoms with Gasteiger partial charge in [-0.3, -0.25) is 4.79 Å². The topological polar surface area (TPSA) is 59.9 Å². The van der Waals surface area contributed by atoms with E-state index in [0.29, 0.717) is 33.7 Å². The van der Waals surface area contributed by atoms with Gasteiger partial charge in [0.2, 0.25) is 0 Å². The predicted molar refractivity (Wildman–Crippen MR) is 147 cm³/mol. The Hall–Kier alpha value is -3.32. The average Bonchev–Trinajstić information content (AvgIpc) is 2.88. The SMILES string of the molecule is O=C(N/N=C\c1ccccc1OCc1cccc(Br)c1)c1ccc(OCc2ccc(Cl)cc2Cl)cc1. The standard InChI is InChI=1S/C28H21BrCl2N2O3/c29-23-6-3-4-19(14-23)17-36-27-7-2-1-5-21(27)16-32-33-28(34)20-9-12-25(13-10-20)35-18-22-8-11-24(30)15-26(22)31/h1-16H,17-18H2,(H,33,34)/b32-16-. The van der Waals surface area contributed by atoms with E-state index in [1.165, 1.54) is 0 Å². The second-order valence-corrected chi connectivity index (χ2v) is 9.46. The summed E-state index contributed by atoms with van der Waals surface area (Å²) in [6, 6.07) is 27.4. The van der Waals surface area contributed by atoms with Crippen LogP contribution in [0.2, 0.25) is 10.0 Å². The zero-order chi connectivity index (χ0) is 25.3. The van der Waals surface area contributed by atoms with E-state index in [-0.39, 0.29) is 12.5 Å². The van der Waals surface area contributed by atoms with Crippen molar-refractivity contribution in [3.63, 3.8) is 0 Å². The van der Waals surface area contributed by atoms with Crippen LogP contribution in [0.4, 0.5) is 0 Å². The lowest BCUT2D eigenvalue weighted by molar-refractivity contribution is 0.0955. The van der Waals surface area contributed by atoms with Crippen molar-refractivity contribution in [2.24, 2.45) is 5.10 Å². The summed E-state index contributed by atoms with van der Waals surface area (Å²) < 4.78 is 12.7. The molecule has 0 aliphatic rings. The van der Waals surface area contributed by atoms with E-state index >= 15 is 0 Å². The molecule has 4 aromatic rings. The fraction of sp³-hybridized carbons (Fsp3) is 0.0714. The van der Waals surface area contributed by atoms with Gasteiger partial charge in [0.25, 0.3) is 5.91 Å². The molecule has 182 valence electrons. The first kappa shape index (κ1) is 25.8. The summed E-state index contributed by atoms with van der Waals surface area (Å²) in [7, 11) is 0. The van der Waals surface area contributed by atoms with Gasteiger partial charge in [0.05, 0.1) is 6.21 Å². The van der Waals surface area contributed by atoms with Crippen LogP contribution in [0.25, 0.3) is 0 Å². The number of nitrogens with zero attached hydrogens (tertiary/aromatic N) is 1. The first-order valence-electron chi connectivity index (χ1n) is 10.9. The maximum Gasteiger partial charge on any atom is 0.271 e. The Labute approximate surface area is 227 Å². The quantitative estimate of drug-likeness (QED) is 0.162. The first-order chi connectivity index (χ1) is 17.5. The number of hydrazone groups is 1. The molecule has 0 aliphatic carbocycles. The van der Waals surface area contributed by atoms with Crippen molar-refractivity contribution in [3.8, 4) is 11.5 Å². The molecule has 5 nitrogen and oxygen atoms in total. The molecule has 4 rings (SSSR count). The highest BCUT2D eigenvalue weighted by Crippen LogP contribution is 2.23. The molecule has 0 aromatic heterocycles. The number of hydrogen-bond donors (Lipinski definition) is 1. The van der Waals surface area contributed by atoms with Crippen LogP contribution in [0.3, 0.4) is 0 Å². The summed E-state index contributed by atoms with van der Waals surface area (Å²) in [4.78, 5) is 12.5. The molecule has 36 heavy (non-hydrogen) atoms. The van der Waals surface area contributed by atoms with E-state index in [1.54, 1.807) is 42.6 Å². The zero-order valence-electron chi connectivity index (χ0n) is 19.0. The second-order valence-electron chi connectivity index (χ2n) is 7.70. The molecule has 0 heterocycles. The summed E-state index contributed by atoms with van der Waals surface area (Å²) >= 11 is 15.6. The Morgan fingerprint density at radius 3 is 2.47 bits per heavy atom. The minimum absolute atomic E-state index is 0.287. The molecule has 0 saturated carbocycles. The Balaban J connectivity index is 1.31. The van der Waals surface area contributed by atoms with Crippen molar-refractivity contribution in [2.75, 3.05) is 0 Å². The van der Waals surface area contributed by atoms with Crippen molar-refractivity contribution in [1.29, 1.82) is 0 Å². The molecule has 1 amide bonds. The van der Waals surface area contributed by atoms with Crippen LogP contribution in [-0.2, 0) is 13.2 Å². The van der Waals surface area contributed by atoms with Crippen LogP contribution in [0.5, 0.6) is 11.5 Å². The molecule has 0 spiro atoms. The summed E-state index contributed by atoms with van der Waals surface area (Å²) in [5.74, 6) is 0.932. The van der Waals surface area contributed by atoms with Crippen molar-refractivity contribution in [2.45, 2.75) is 13.2 Å². The Kier molecular flexibility index (Phi) is 9.01. The molecule has 0 aliphatic heterocycles. The van der Waals surface area contributed by atoms with Gasteiger partial charge in [0.1, 0.15) is 24.7 Å². The molecule has 4 aromatic carbocycles. The third-order valence-corrected chi connectivity index (χ3v) is 6.18. The predicted octanol–water partition coefficient (Wildman–Crippen LogP) is 7.68. The maximum absolute atomic E-state index is 12.5. The molecule has 0 saturated heterocycles. The molecule has 0 unspecified atom stereocenters. The molecule has 0 radical (unpaired) electrons. The maximum atomic E-state index is 12.5. The molecular weight excluding hydrogens is 563 g/mol. The number of amides is 1. The number of hydrogen-bond acceptors (Lipinski definition) is 4. The Bertz CT molecular complexity index is 1380. The van der Waals surface area contributed by atoms with Gasteiger partial charge in [0, 0.05) is 31.2 Å². The minimum Gasteiger partial charge on any atom is -0.489 e. The second kappa shape index (κ2) is 12.6. The minimum atomic E-state index is -0.342. The van der Waals surface area contributed by atoms with Crippen molar-refractivity contribution < 1.29 is 14.3 Å². The van der Waals surface area contributed by atoms with Gasteiger partial charge in [-0.25, -0.2) is 5.43 Å². The molecule has 0 fully saturated rings. The lowest BCUT2D eigenvalue weighted by Gasteiger charge is -2.09. The Morgan fingerprint density at radius 1 is 0.889 bits per heavy atom. The summed E-state index contributed by atoms with van der Waals surface area (Å²) in [5.41, 5.74) is 5.59. The molecule has 1 N–H and O–H groups in total. The lowest BCUT2D eigenvalue weighted by atomic mass is 10.2. The number of carbonyl (C=O) groups is 1. The number of rotatable bonds is 9.